The summed E-state index contributed by atoms with van der Waals surface area (Å²) in [6, 6.07) is 4.88. The summed E-state index contributed by atoms with van der Waals surface area (Å²) < 4.78 is 34.7. The fourth-order valence-corrected chi connectivity index (χ4v) is 5.45. The molecule has 1 aliphatic rings. The topological polar surface area (TPSA) is 143 Å². The minimum absolute atomic E-state index is 0.0305. The first-order valence-corrected chi connectivity index (χ1v) is 14.5. The Morgan fingerprint density at radius 1 is 1.26 bits per heavy atom. The summed E-state index contributed by atoms with van der Waals surface area (Å²) in [6.07, 6.45) is 5.08. The zero-order valence-electron chi connectivity index (χ0n) is 23.2. The number of nitrogens with one attached hydrogen (secondary N) is 2. The van der Waals surface area contributed by atoms with Gasteiger partial charge in [-0.25, -0.2) is 19.0 Å². The van der Waals surface area contributed by atoms with Gasteiger partial charge in [0.1, 0.15) is 11.4 Å². The zero-order valence-corrected chi connectivity index (χ0v) is 24.0. The summed E-state index contributed by atoms with van der Waals surface area (Å²) in [4.78, 5) is 15.5. The molecule has 2 rings (SSSR count). The van der Waals surface area contributed by atoms with Crippen molar-refractivity contribution < 1.29 is 17.9 Å². The molecule has 1 aromatic rings. The minimum atomic E-state index is -3.80. The summed E-state index contributed by atoms with van der Waals surface area (Å²) in [5, 5.41) is 3.83. The average molecular weight is 549 g/mol. The largest absolute Gasteiger partial charge is 0.493 e. The van der Waals surface area contributed by atoms with Gasteiger partial charge >= 0.3 is 0 Å². The highest BCUT2D eigenvalue weighted by Gasteiger charge is 2.24. The number of hydrogen-bond acceptors (Lipinski definition) is 8. The third kappa shape index (κ3) is 8.32. The van der Waals surface area contributed by atoms with Crippen LogP contribution < -0.4 is 26.4 Å². The fraction of sp³-hybridized carbons (Fsp3) is 0.519. The van der Waals surface area contributed by atoms with Crippen molar-refractivity contribution in [3.8, 4) is 5.75 Å². The number of benzene rings is 1. The Morgan fingerprint density at radius 2 is 1.97 bits per heavy atom. The van der Waals surface area contributed by atoms with E-state index in [0.29, 0.717) is 42.5 Å². The molecule has 0 bridgehead atoms. The SMILES string of the molecule is C=C(CCC)/C(N)=C(/C(=O)NC(=C)c1cc(S(=O)(=O)NCCC2CCCN2C)ccc1OCCC)N(C)N. The lowest BCUT2D eigenvalue weighted by molar-refractivity contribution is -0.117. The predicted molar refractivity (Wildman–Crippen MR) is 152 cm³/mol. The molecule has 0 radical (unpaired) electrons. The van der Waals surface area contributed by atoms with Gasteiger partial charge < -0.3 is 25.7 Å². The Labute approximate surface area is 227 Å². The van der Waals surface area contributed by atoms with Crippen LogP contribution >= 0.6 is 0 Å². The van der Waals surface area contributed by atoms with E-state index in [4.69, 9.17) is 16.3 Å². The summed E-state index contributed by atoms with van der Waals surface area (Å²) in [6.45, 7) is 13.6. The molecule has 10 nitrogen and oxygen atoms in total. The number of rotatable bonds is 15. The Morgan fingerprint density at radius 3 is 2.55 bits per heavy atom. The average Bonchev–Trinajstić information content (AvgIpc) is 3.26. The summed E-state index contributed by atoms with van der Waals surface area (Å²) in [5.74, 6) is 5.72. The van der Waals surface area contributed by atoms with Crippen LogP contribution in [0.25, 0.3) is 5.70 Å². The van der Waals surface area contributed by atoms with Crippen molar-refractivity contribution >= 4 is 21.6 Å². The van der Waals surface area contributed by atoms with Crippen molar-refractivity contribution in [3.63, 3.8) is 0 Å². The van der Waals surface area contributed by atoms with Crippen molar-refractivity contribution in [1.82, 2.24) is 19.9 Å². The van der Waals surface area contributed by atoms with Gasteiger partial charge in [0.25, 0.3) is 5.91 Å². The van der Waals surface area contributed by atoms with Gasteiger partial charge in [-0.05, 0) is 69.5 Å². The summed E-state index contributed by atoms with van der Waals surface area (Å²) in [5.41, 5.74) is 7.49. The molecule has 1 aromatic carbocycles. The maximum atomic E-state index is 13.2. The van der Waals surface area contributed by atoms with Crippen LogP contribution in [0.3, 0.4) is 0 Å². The number of nitrogens with two attached hydrogens (primary N) is 2. The number of amides is 1. The second-order valence-electron chi connectivity index (χ2n) is 9.63. The molecule has 6 N–H and O–H groups in total. The quantitative estimate of drug-likeness (QED) is 0.113. The van der Waals surface area contributed by atoms with Crippen molar-refractivity contribution in [2.75, 3.05) is 33.8 Å². The van der Waals surface area contributed by atoms with Crippen LogP contribution in [0.15, 0.2) is 53.2 Å². The molecule has 0 spiro atoms. The van der Waals surface area contributed by atoms with E-state index in [-0.39, 0.29) is 22.0 Å². The first-order chi connectivity index (χ1) is 17.9. The number of nitrogens with zero attached hydrogens (tertiary/aromatic N) is 2. The molecule has 1 amide bonds. The highest BCUT2D eigenvalue weighted by atomic mass is 32.2. The number of ether oxygens (including phenoxy) is 1. The lowest BCUT2D eigenvalue weighted by Crippen LogP contribution is -2.38. The first kappa shape index (κ1) is 31.4. The number of sulfonamides is 1. The molecule has 38 heavy (non-hydrogen) atoms. The van der Waals surface area contributed by atoms with Crippen molar-refractivity contribution in [2.24, 2.45) is 11.6 Å². The van der Waals surface area contributed by atoms with E-state index >= 15 is 0 Å². The number of allylic oxidation sites excluding steroid dienone is 1. The van der Waals surface area contributed by atoms with Gasteiger partial charge in [0.2, 0.25) is 10.0 Å². The molecule has 1 heterocycles. The summed E-state index contributed by atoms with van der Waals surface area (Å²) in [7, 11) is -0.238. The van der Waals surface area contributed by atoms with E-state index in [1.54, 1.807) is 6.07 Å². The molecule has 0 aromatic heterocycles. The molecule has 212 valence electrons. The van der Waals surface area contributed by atoms with E-state index in [1.807, 2.05) is 13.8 Å². The van der Waals surface area contributed by atoms with Gasteiger partial charge in [-0.1, -0.05) is 33.4 Å². The molecular formula is C27H44N6O4S. The number of carbonyl (C=O) groups is 1. The minimum Gasteiger partial charge on any atom is -0.493 e. The Bertz CT molecular complexity index is 1150. The third-order valence-corrected chi connectivity index (χ3v) is 7.97. The normalized spacial score (nSPS) is 16.6. The second-order valence-corrected chi connectivity index (χ2v) is 11.4. The first-order valence-electron chi connectivity index (χ1n) is 13.1. The van der Waals surface area contributed by atoms with Crippen LogP contribution in [0.4, 0.5) is 0 Å². The predicted octanol–water partition coefficient (Wildman–Crippen LogP) is 2.66. The van der Waals surface area contributed by atoms with Gasteiger partial charge in [0, 0.05) is 30.9 Å². The lowest BCUT2D eigenvalue weighted by Gasteiger charge is -2.22. The number of hydrogen-bond donors (Lipinski definition) is 4. The fourth-order valence-electron chi connectivity index (χ4n) is 4.38. The van der Waals surface area contributed by atoms with Crippen molar-refractivity contribution in [3.05, 3.63) is 53.9 Å². The number of carbonyl (C=O) groups excluding carboxylic acids is 1. The van der Waals surface area contributed by atoms with Gasteiger partial charge in [0.15, 0.2) is 0 Å². The van der Waals surface area contributed by atoms with E-state index < -0.39 is 15.9 Å². The molecular weight excluding hydrogens is 504 g/mol. The molecule has 1 fully saturated rings. The van der Waals surface area contributed by atoms with E-state index in [1.165, 1.54) is 19.2 Å². The van der Waals surface area contributed by atoms with Crippen LogP contribution in [0.2, 0.25) is 0 Å². The van der Waals surface area contributed by atoms with E-state index in [2.05, 4.69) is 35.1 Å². The zero-order chi connectivity index (χ0) is 28.5. The monoisotopic (exact) mass is 548 g/mol. The van der Waals surface area contributed by atoms with Crippen molar-refractivity contribution in [1.29, 1.82) is 0 Å². The van der Waals surface area contributed by atoms with Crippen LogP contribution in [0.5, 0.6) is 5.75 Å². The van der Waals surface area contributed by atoms with Gasteiger partial charge in [-0.2, -0.15) is 0 Å². The lowest BCUT2D eigenvalue weighted by atomic mass is 10.1. The Kier molecular flexibility index (Phi) is 11.8. The van der Waals surface area contributed by atoms with Crippen LogP contribution in [-0.2, 0) is 14.8 Å². The van der Waals surface area contributed by atoms with Crippen LogP contribution in [0.1, 0.15) is 57.9 Å². The molecule has 0 saturated carbocycles. The maximum Gasteiger partial charge on any atom is 0.275 e. The number of hydrazine groups is 1. The Balaban J connectivity index is 2.30. The molecule has 11 heteroatoms. The van der Waals surface area contributed by atoms with E-state index in [0.717, 1.165) is 43.7 Å². The highest BCUT2D eigenvalue weighted by Crippen LogP contribution is 2.28. The highest BCUT2D eigenvalue weighted by molar-refractivity contribution is 7.89. The number of likely N-dealkylation sites (N-methyl/N-ethyl adjacent to an activating group) is 1. The summed E-state index contributed by atoms with van der Waals surface area (Å²) >= 11 is 0. The standard InChI is InChI=1S/C27H44N6O4S/c1-7-10-19(3)25(28)26(33(6)29)27(34)31-20(4)23-18-22(12-13-24(23)37-17-8-2)38(35,36)30-15-14-21-11-9-16-32(21)5/h12-13,18,21,30H,3-4,7-11,14-17,28-29H2,1-2,5-6H3,(H,31,34)/b26-25+. The number of likely N-dealkylation sites (tertiary alicyclic amines) is 1. The van der Waals surface area contributed by atoms with Gasteiger partial charge in [-0.15, -0.1) is 0 Å². The Hall–Kier alpha value is -2.86. The molecule has 1 saturated heterocycles. The molecule has 0 aliphatic carbocycles. The smallest absolute Gasteiger partial charge is 0.275 e. The maximum absolute atomic E-state index is 13.2. The van der Waals surface area contributed by atoms with Gasteiger partial charge in [0.05, 0.1) is 17.2 Å². The van der Waals surface area contributed by atoms with Crippen LogP contribution in [0, 0.1) is 0 Å². The molecule has 1 unspecified atom stereocenters. The molecule has 1 atom stereocenters. The van der Waals surface area contributed by atoms with Crippen molar-refractivity contribution in [2.45, 2.75) is 63.3 Å². The van der Waals surface area contributed by atoms with E-state index in [9.17, 15) is 13.2 Å². The second kappa shape index (κ2) is 14.3. The third-order valence-electron chi connectivity index (χ3n) is 6.51. The van der Waals surface area contributed by atoms with Crippen LogP contribution in [-0.4, -0.2) is 64.1 Å². The molecule has 1 aliphatic heterocycles. The van der Waals surface area contributed by atoms with Gasteiger partial charge in [-0.3, -0.25) is 4.79 Å².